The van der Waals surface area contributed by atoms with Gasteiger partial charge in [-0.05, 0) is 43.9 Å². The van der Waals surface area contributed by atoms with Crippen molar-refractivity contribution in [1.82, 2.24) is 10.1 Å². The Morgan fingerprint density at radius 1 is 1.28 bits per heavy atom. The SMILES string of the molecule is Cc1cc(C)c(C2=C(O)C3(CCN(O)CC3)N(OCO)C2=O)c(Br)c1. The molecular formula is C17H21BrN2O5. The maximum Gasteiger partial charge on any atom is 0.282 e. The average Bonchev–Trinajstić information content (AvgIpc) is 2.73. The van der Waals surface area contributed by atoms with Crippen LogP contribution in [0.5, 0.6) is 0 Å². The minimum absolute atomic E-state index is 0.0771. The van der Waals surface area contributed by atoms with Gasteiger partial charge in [0.1, 0.15) is 11.3 Å². The molecule has 0 aliphatic carbocycles. The Morgan fingerprint density at radius 2 is 1.92 bits per heavy atom. The van der Waals surface area contributed by atoms with Gasteiger partial charge in [0.25, 0.3) is 5.91 Å². The summed E-state index contributed by atoms with van der Waals surface area (Å²) in [5.41, 5.74) is 1.59. The number of hydroxylamine groups is 4. The van der Waals surface area contributed by atoms with Crippen LogP contribution in [0.1, 0.15) is 29.5 Å². The molecule has 2 aliphatic rings. The molecule has 1 fully saturated rings. The molecule has 3 rings (SSSR count). The number of benzene rings is 1. The first-order valence-corrected chi connectivity index (χ1v) is 8.84. The third-order valence-electron chi connectivity index (χ3n) is 4.90. The van der Waals surface area contributed by atoms with E-state index in [1.165, 1.54) is 0 Å². The molecule has 0 radical (unpaired) electrons. The second kappa shape index (κ2) is 6.69. The van der Waals surface area contributed by atoms with Crippen molar-refractivity contribution >= 4 is 27.4 Å². The van der Waals surface area contributed by atoms with Gasteiger partial charge < -0.3 is 15.4 Å². The number of carbonyl (C=O) groups is 1. The fourth-order valence-electron chi connectivity index (χ4n) is 3.73. The Balaban J connectivity index is 2.16. The number of carbonyl (C=O) groups excluding carboxylic acids is 1. The molecule has 136 valence electrons. The highest BCUT2D eigenvalue weighted by molar-refractivity contribution is 9.10. The Hall–Kier alpha value is -1.45. The predicted molar refractivity (Wildman–Crippen MR) is 93.5 cm³/mol. The van der Waals surface area contributed by atoms with Crippen LogP contribution in [0.25, 0.3) is 5.57 Å². The van der Waals surface area contributed by atoms with E-state index in [0.29, 0.717) is 22.9 Å². The topological polar surface area (TPSA) is 93.5 Å². The summed E-state index contributed by atoms with van der Waals surface area (Å²) in [5, 5.41) is 32.1. The molecule has 2 aliphatic heterocycles. The first-order chi connectivity index (χ1) is 11.8. The van der Waals surface area contributed by atoms with Crippen molar-refractivity contribution in [1.29, 1.82) is 0 Å². The molecule has 1 spiro atoms. The highest BCUT2D eigenvalue weighted by Crippen LogP contribution is 2.47. The van der Waals surface area contributed by atoms with Gasteiger partial charge in [-0.1, -0.05) is 22.0 Å². The molecule has 0 bridgehead atoms. The highest BCUT2D eigenvalue weighted by Gasteiger charge is 2.55. The number of aryl methyl sites for hydroxylation is 2. The van der Waals surface area contributed by atoms with E-state index in [9.17, 15) is 20.2 Å². The van der Waals surface area contributed by atoms with Crippen LogP contribution in [0.15, 0.2) is 22.4 Å². The van der Waals surface area contributed by atoms with E-state index in [4.69, 9.17) is 4.84 Å². The summed E-state index contributed by atoms with van der Waals surface area (Å²) in [7, 11) is 0. The van der Waals surface area contributed by atoms with Crippen LogP contribution in [-0.2, 0) is 9.63 Å². The predicted octanol–water partition coefficient (Wildman–Crippen LogP) is 2.28. The van der Waals surface area contributed by atoms with Gasteiger partial charge in [0.2, 0.25) is 0 Å². The van der Waals surface area contributed by atoms with E-state index < -0.39 is 18.2 Å². The third-order valence-corrected chi connectivity index (χ3v) is 5.53. The summed E-state index contributed by atoms with van der Waals surface area (Å²) in [4.78, 5) is 18.2. The number of nitrogens with zero attached hydrogens (tertiary/aromatic N) is 2. The first-order valence-electron chi connectivity index (χ1n) is 8.05. The van der Waals surface area contributed by atoms with Crippen molar-refractivity contribution in [3.05, 3.63) is 39.1 Å². The minimum Gasteiger partial charge on any atom is -0.509 e. The van der Waals surface area contributed by atoms with E-state index in [0.717, 1.165) is 21.3 Å². The molecule has 1 aromatic carbocycles. The van der Waals surface area contributed by atoms with Gasteiger partial charge in [-0.3, -0.25) is 4.79 Å². The maximum atomic E-state index is 13.0. The molecular weight excluding hydrogens is 392 g/mol. The number of hydrogen-bond acceptors (Lipinski definition) is 6. The average molecular weight is 413 g/mol. The molecule has 7 nitrogen and oxygen atoms in total. The zero-order valence-corrected chi connectivity index (χ0v) is 15.7. The van der Waals surface area contributed by atoms with Crippen molar-refractivity contribution in [2.45, 2.75) is 32.2 Å². The lowest BCUT2D eigenvalue weighted by Crippen LogP contribution is -2.54. The van der Waals surface area contributed by atoms with Gasteiger partial charge in [-0.25, -0.2) is 9.90 Å². The smallest absolute Gasteiger partial charge is 0.282 e. The van der Waals surface area contributed by atoms with Crippen molar-refractivity contribution in [2.75, 3.05) is 19.9 Å². The molecule has 0 saturated carbocycles. The quantitative estimate of drug-likeness (QED) is 0.659. The number of amides is 1. The Morgan fingerprint density at radius 3 is 2.48 bits per heavy atom. The van der Waals surface area contributed by atoms with Gasteiger partial charge in [-0.2, -0.15) is 5.06 Å². The molecule has 0 atom stereocenters. The van der Waals surface area contributed by atoms with Crippen molar-refractivity contribution < 1.29 is 25.1 Å². The van der Waals surface area contributed by atoms with Crippen molar-refractivity contribution in [3.63, 3.8) is 0 Å². The van der Waals surface area contributed by atoms with Crippen LogP contribution in [0.3, 0.4) is 0 Å². The molecule has 25 heavy (non-hydrogen) atoms. The number of aliphatic hydroxyl groups is 2. The van der Waals surface area contributed by atoms with Gasteiger partial charge >= 0.3 is 0 Å². The lowest BCUT2D eigenvalue weighted by molar-refractivity contribution is -0.253. The number of rotatable bonds is 3. The Kier molecular flexibility index (Phi) is 4.91. The monoisotopic (exact) mass is 412 g/mol. The molecule has 2 heterocycles. The molecule has 0 aromatic heterocycles. The summed E-state index contributed by atoms with van der Waals surface area (Å²) in [6, 6.07) is 3.82. The highest BCUT2D eigenvalue weighted by atomic mass is 79.9. The zero-order valence-electron chi connectivity index (χ0n) is 14.1. The van der Waals surface area contributed by atoms with Crippen LogP contribution in [0, 0.1) is 13.8 Å². The number of piperidine rings is 1. The van der Waals surface area contributed by atoms with Gasteiger partial charge in [-0.15, -0.1) is 0 Å². The van der Waals surface area contributed by atoms with E-state index >= 15 is 0 Å². The molecule has 3 N–H and O–H groups in total. The van der Waals surface area contributed by atoms with Crippen LogP contribution < -0.4 is 0 Å². The Bertz CT molecular complexity index is 718. The summed E-state index contributed by atoms with van der Waals surface area (Å²) in [5.74, 6) is -0.572. The van der Waals surface area contributed by atoms with E-state index in [-0.39, 0.29) is 24.4 Å². The van der Waals surface area contributed by atoms with Gasteiger partial charge in [0, 0.05) is 23.1 Å². The second-order valence-corrected chi connectivity index (χ2v) is 7.36. The van der Waals surface area contributed by atoms with Crippen LogP contribution >= 0.6 is 15.9 Å². The normalized spacial score (nSPS) is 20.8. The number of hydrogen-bond donors (Lipinski definition) is 3. The van der Waals surface area contributed by atoms with Crippen molar-refractivity contribution in [3.8, 4) is 0 Å². The van der Waals surface area contributed by atoms with Crippen LogP contribution in [0.4, 0.5) is 0 Å². The van der Waals surface area contributed by atoms with Gasteiger partial charge in [0.15, 0.2) is 6.79 Å². The summed E-state index contributed by atoms with van der Waals surface area (Å²) < 4.78 is 0.709. The fraction of sp³-hybridized carbons (Fsp3) is 0.471. The maximum absolute atomic E-state index is 13.0. The zero-order chi connectivity index (χ0) is 18.4. The molecule has 1 amide bonds. The lowest BCUT2D eigenvalue weighted by Gasteiger charge is -2.41. The summed E-state index contributed by atoms with van der Waals surface area (Å²) in [6.45, 7) is 3.71. The largest absolute Gasteiger partial charge is 0.509 e. The third kappa shape index (κ3) is 2.88. The fourth-order valence-corrected chi connectivity index (χ4v) is 4.60. The van der Waals surface area contributed by atoms with E-state index in [1.54, 1.807) is 0 Å². The molecule has 8 heteroatoms. The molecule has 1 aromatic rings. The number of aliphatic hydroxyl groups excluding tert-OH is 2. The Labute approximate surface area is 154 Å². The summed E-state index contributed by atoms with van der Waals surface area (Å²) in [6.07, 6.45) is 0.597. The van der Waals surface area contributed by atoms with E-state index in [2.05, 4.69) is 15.9 Å². The first kappa shape index (κ1) is 18.3. The number of halogens is 1. The lowest BCUT2D eigenvalue weighted by atomic mass is 9.85. The second-order valence-electron chi connectivity index (χ2n) is 6.51. The van der Waals surface area contributed by atoms with Crippen molar-refractivity contribution in [2.24, 2.45) is 0 Å². The van der Waals surface area contributed by atoms with Gasteiger partial charge in [0.05, 0.1) is 5.57 Å². The molecule has 1 saturated heterocycles. The standard InChI is InChI=1S/C17H21BrN2O5/c1-10-7-11(2)13(12(18)8-10)14-15(22)17(3-5-19(24)6-4-17)20(16(14)23)25-9-21/h7-8,21-22,24H,3-6,9H2,1-2H3. The summed E-state index contributed by atoms with van der Waals surface area (Å²) >= 11 is 3.49. The van der Waals surface area contributed by atoms with Crippen LogP contribution in [0.2, 0.25) is 0 Å². The van der Waals surface area contributed by atoms with Crippen LogP contribution in [-0.4, -0.2) is 56.9 Å². The minimum atomic E-state index is -1.08. The van der Waals surface area contributed by atoms with E-state index in [1.807, 2.05) is 26.0 Å². The molecule has 0 unspecified atom stereocenters.